The molecular formula is C16H15N5. The summed E-state index contributed by atoms with van der Waals surface area (Å²) in [5.74, 6) is 1.10. The Labute approximate surface area is 122 Å². The monoisotopic (exact) mass is 277 g/mol. The van der Waals surface area contributed by atoms with Gasteiger partial charge in [0.15, 0.2) is 0 Å². The molecule has 5 nitrogen and oxygen atoms in total. The van der Waals surface area contributed by atoms with Gasteiger partial charge in [-0.2, -0.15) is 5.26 Å². The van der Waals surface area contributed by atoms with Crippen LogP contribution in [-0.4, -0.2) is 21.1 Å². The zero-order chi connectivity index (χ0) is 14.7. The second-order valence-electron chi connectivity index (χ2n) is 4.68. The van der Waals surface area contributed by atoms with Crippen LogP contribution in [0.2, 0.25) is 0 Å². The third-order valence-corrected chi connectivity index (χ3v) is 3.31. The van der Waals surface area contributed by atoms with Crippen molar-refractivity contribution in [2.24, 2.45) is 0 Å². The highest BCUT2D eigenvalue weighted by molar-refractivity contribution is 5.80. The molecule has 2 heterocycles. The lowest BCUT2D eigenvalue weighted by Gasteiger charge is -2.12. The number of hydrogen-bond acceptors (Lipinski definition) is 4. The summed E-state index contributed by atoms with van der Waals surface area (Å²) in [6, 6.07) is 12.2. The van der Waals surface area contributed by atoms with Gasteiger partial charge in [0.25, 0.3) is 0 Å². The molecule has 0 unspecified atom stereocenters. The number of aromatic nitrogens is 3. The normalized spacial score (nSPS) is 10.7. The number of fused-ring (bicyclic) bond motifs is 1. The molecule has 1 aromatic carbocycles. The molecule has 0 fully saturated rings. The zero-order valence-corrected chi connectivity index (χ0v) is 11.7. The Kier molecular flexibility index (Phi) is 3.63. The molecule has 5 heteroatoms. The van der Waals surface area contributed by atoms with E-state index in [4.69, 9.17) is 4.98 Å². The average Bonchev–Trinajstić information content (AvgIpc) is 3.00. The molecule has 0 spiro atoms. The lowest BCUT2D eigenvalue weighted by atomic mass is 10.1. The highest BCUT2D eigenvalue weighted by Gasteiger charge is 2.12. The van der Waals surface area contributed by atoms with Gasteiger partial charge in [-0.25, -0.2) is 9.97 Å². The van der Waals surface area contributed by atoms with Crippen LogP contribution in [0.5, 0.6) is 0 Å². The van der Waals surface area contributed by atoms with E-state index in [2.05, 4.69) is 29.4 Å². The van der Waals surface area contributed by atoms with Crippen LogP contribution in [0, 0.1) is 11.3 Å². The molecule has 3 aromatic rings. The van der Waals surface area contributed by atoms with E-state index in [9.17, 15) is 5.26 Å². The summed E-state index contributed by atoms with van der Waals surface area (Å²) in [5.41, 5.74) is 1.95. The largest absolute Gasteiger partial charge is 0.313 e. The molecule has 0 aliphatic rings. The van der Waals surface area contributed by atoms with Gasteiger partial charge in [0, 0.05) is 29.9 Å². The number of nitrogens with zero attached hydrogens (tertiary/aromatic N) is 4. The summed E-state index contributed by atoms with van der Waals surface area (Å²) in [4.78, 5) is 8.76. The van der Waals surface area contributed by atoms with Crippen LogP contribution in [0.4, 0.5) is 0 Å². The van der Waals surface area contributed by atoms with E-state index in [1.807, 2.05) is 24.3 Å². The fourth-order valence-electron chi connectivity index (χ4n) is 2.30. The molecule has 0 aliphatic carbocycles. The molecule has 0 radical (unpaired) electrons. The van der Waals surface area contributed by atoms with Gasteiger partial charge in [0.1, 0.15) is 11.9 Å². The van der Waals surface area contributed by atoms with E-state index in [0.717, 1.165) is 28.8 Å². The van der Waals surface area contributed by atoms with Gasteiger partial charge in [-0.15, -0.1) is 0 Å². The third-order valence-electron chi connectivity index (χ3n) is 3.31. The number of hydrogen-bond donors (Lipinski definition) is 1. The van der Waals surface area contributed by atoms with Crippen LogP contribution < -0.4 is 5.32 Å². The number of nitriles is 1. The number of benzene rings is 1. The SMILES string of the molecule is CCNCc1cc2ccccc2nc1-n1ccnc1C#N. The van der Waals surface area contributed by atoms with Crippen LogP contribution in [-0.2, 0) is 6.54 Å². The van der Waals surface area contributed by atoms with Gasteiger partial charge < -0.3 is 5.32 Å². The standard InChI is InChI=1S/C16H15N5/c1-2-18-11-13-9-12-5-3-4-6-14(12)20-16(13)21-8-7-19-15(21)10-17/h3-9,18H,2,11H2,1H3. The van der Waals surface area contributed by atoms with Gasteiger partial charge in [0.05, 0.1) is 5.52 Å². The fourth-order valence-corrected chi connectivity index (χ4v) is 2.30. The highest BCUT2D eigenvalue weighted by Crippen LogP contribution is 2.20. The molecule has 21 heavy (non-hydrogen) atoms. The van der Waals surface area contributed by atoms with Crippen molar-refractivity contribution < 1.29 is 0 Å². The van der Waals surface area contributed by atoms with Gasteiger partial charge in [-0.3, -0.25) is 4.57 Å². The second kappa shape index (κ2) is 5.73. The predicted octanol–water partition coefficient (Wildman–Crippen LogP) is 2.40. The summed E-state index contributed by atoms with van der Waals surface area (Å²) in [5, 5.41) is 13.6. The second-order valence-corrected chi connectivity index (χ2v) is 4.68. The Balaban J connectivity index is 2.21. The Hall–Kier alpha value is -2.71. The Bertz CT molecular complexity index is 813. The van der Waals surface area contributed by atoms with Crippen LogP contribution in [0.25, 0.3) is 16.7 Å². The molecule has 0 saturated carbocycles. The number of rotatable bonds is 4. The van der Waals surface area contributed by atoms with Crippen molar-refractivity contribution in [1.29, 1.82) is 5.26 Å². The number of nitrogens with one attached hydrogen (secondary N) is 1. The van der Waals surface area contributed by atoms with Crippen molar-refractivity contribution in [3.8, 4) is 11.9 Å². The van der Waals surface area contributed by atoms with Gasteiger partial charge in [0.2, 0.25) is 5.82 Å². The molecule has 0 aliphatic heterocycles. The minimum absolute atomic E-state index is 0.343. The fraction of sp³-hybridized carbons (Fsp3) is 0.188. The summed E-state index contributed by atoms with van der Waals surface area (Å²) < 4.78 is 1.74. The molecule has 0 atom stereocenters. The van der Waals surface area contributed by atoms with Crippen LogP contribution in [0.3, 0.4) is 0 Å². The maximum atomic E-state index is 9.17. The average molecular weight is 277 g/mol. The third kappa shape index (κ3) is 2.49. The molecule has 1 N–H and O–H groups in total. The minimum atomic E-state index is 0.343. The Morgan fingerprint density at radius 2 is 2.19 bits per heavy atom. The Morgan fingerprint density at radius 3 is 3.00 bits per heavy atom. The van der Waals surface area contributed by atoms with Crippen molar-refractivity contribution in [3.05, 3.63) is 54.1 Å². The van der Waals surface area contributed by atoms with Crippen molar-refractivity contribution in [2.45, 2.75) is 13.5 Å². The van der Waals surface area contributed by atoms with E-state index in [1.165, 1.54) is 0 Å². The lowest BCUT2D eigenvalue weighted by Crippen LogP contribution is -2.15. The first-order chi connectivity index (χ1) is 10.3. The summed E-state index contributed by atoms with van der Waals surface area (Å²) >= 11 is 0. The number of imidazole rings is 1. The van der Waals surface area contributed by atoms with Gasteiger partial charge >= 0.3 is 0 Å². The maximum Gasteiger partial charge on any atom is 0.218 e. The van der Waals surface area contributed by atoms with Crippen molar-refractivity contribution >= 4 is 10.9 Å². The molecule has 0 bridgehead atoms. The van der Waals surface area contributed by atoms with E-state index >= 15 is 0 Å². The lowest BCUT2D eigenvalue weighted by molar-refractivity contribution is 0.719. The van der Waals surface area contributed by atoms with Crippen molar-refractivity contribution in [2.75, 3.05) is 6.54 Å². The first-order valence-corrected chi connectivity index (χ1v) is 6.86. The molecule has 3 rings (SSSR count). The quantitative estimate of drug-likeness (QED) is 0.795. The zero-order valence-electron chi connectivity index (χ0n) is 11.7. The van der Waals surface area contributed by atoms with Crippen molar-refractivity contribution in [3.63, 3.8) is 0 Å². The topological polar surface area (TPSA) is 66.5 Å². The Morgan fingerprint density at radius 1 is 1.33 bits per heavy atom. The van der Waals surface area contributed by atoms with Gasteiger partial charge in [-0.05, 0) is 18.7 Å². The predicted molar refractivity (Wildman–Crippen MR) is 81.0 cm³/mol. The van der Waals surface area contributed by atoms with Crippen LogP contribution >= 0.6 is 0 Å². The van der Waals surface area contributed by atoms with Crippen molar-refractivity contribution in [1.82, 2.24) is 19.9 Å². The summed E-state index contributed by atoms with van der Waals surface area (Å²) in [6.07, 6.45) is 3.39. The van der Waals surface area contributed by atoms with Gasteiger partial charge in [-0.1, -0.05) is 25.1 Å². The van der Waals surface area contributed by atoms with Crippen LogP contribution in [0.1, 0.15) is 18.3 Å². The summed E-state index contributed by atoms with van der Waals surface area (Å²) in [6.45, 7) is 3.64. The van der Waals surface area contributed by atoms with E-state index in [-0.39, 0.29) is 0 Å². The first-order valence-electron chi connectivity index (χ1n) is 6.86. The maximum absolute atomic E-state index is 9.17. The molecular weight excluding hydrogens is 262 g/mol. The molecule has 104 valence electrons. The van der Waals surface area contributed by atoms with Crippen LogP contribution in [0.15, 0.2) is 42.7 Å². The first kappa shape index (κ1) is 13.3. The number of pyridine rings is 1. The molecule has 2 aromatic heterocycles. The summed E-state index contributed by atoms with van der Waals surface area (Å²) in [7, 11) is 0. The highest BCUT2D eigenvalue weighted by atomic mass is 15.1. The molecule has 0 saturated heterocycles. The number of para-hydroxylation sites is 1. The van der Waals surface area contributed by atoms with E-state index in [1.54, 1.807) is 17.0 Å². The minimum Gasteiger partial charge on any atom is -0.313 e. The van der Waals surface area contributed by atoms with E-state index < -0.39 is 0 Å². The molecule has 0 amide bonds. The smallest absolute Gasteiger partial charge is 0.218 e. The van der Waals surface area contributed by atoms with E-state index in [0.29, 0.717) is 12.4 Å².